The second-order valence-corrected chi connectivity index (χ2v) is 4.62. The molecular weight excluding hydrogens is 280 g/mol. The van der Waals surface area contributed by atoms with Gasteiger partial charge in [0.1, 0.15) is 0 Å². The first kappa shape index (κ1) is 14.9. The van der Waals surface area contributed by atoms with Crippen LogP contribution in [0.3, 0.4) is 0 Å². The molecule has 0 saturated carbocycles. The second kappa shape index (κ2) is 6.31. The molecule has 0 spiro atoms. The van der Waals surface area contributed by atoms with Crippen LogP contribution in [-0.2, 0) is 20.7 Å². The molecule has 1 aromatic rings. The Morgan fingerprint density at radius 2 is 2.24 bits per heavy atom. The first-order valence-electron chi connectivity index (χ1n) is 6.32. The van der Waals surface area contributed by atoms with Crippen molar-refractivity contribution in [1.82, 2.24) is 4.90 Å². The van der Waals surface area contributed by atoms with E-state index >= 15 is 0 Å². The molecule has 8 heteroatoms. The predicted molar refractivity (Wildman–Crippen MR) is 70.8 cm³/mol. The summed E-state index contributed by atoms with van der Waals surface area (Å²) in [5.74, 6) is -1.51. The molecule has 0 bridgehead atoms. The largest absolute Gasteiger partial charge is 0.480 e. The molecule has 1 atom stereocenters. The lowest BCUT2D eigenvalue weighted by molar-refractivity contribution is -0.384. The van der Waals surface area contributed by atoms with E-state index in [1.807, 2.05) is 0 Å². The standard InChI is InChI=1S/C13H14N2O6/c16-12(14-4-5-21-8-11(14)13(17)18)7-9-2-1-3-10(6-9)15(19)20/h1-3,6,11H,4-5,7-8H2,(H,17,18). The van der Waals surface area contributed by atoms with Gasteiger partial charge < -0.3 is 14.7 Å². The molecule has 1 aromatic carbocycles. The molecule has 1 saturated heterocycles. The normalized spacial score (nSPS) is 18.3. The monoisotopic (exact) mass is 294 g/mol. The number of hydrogen-bond donors (Lipinski definition) is 1. The lowest BCUT2D eigenvalue weighted by atomic mass is 10.1. The van der Waals surface area contributed by atoms with Crippen LogP contribution in [0.25, 0.3) is 0 Å². The highest BCUT2D eigenvalue weighted by Gasteiger charge is 2.32. The van der Waals surface area contributed by atoms with Crippen molar-refractivity contribution in [3.05, 3.63) is 39.9 Å². The van der Waals surface area contributed by atoms with Crippen LogP contribution in [-0.4, -0.2) is 52.6 Å². The van der Waals surface area contributed by atoms with Gasteiger partial charge in [0.05, 0.1) is 24.6 Å². The van der Waals surface area contributed by atoms with Crippen LogP contribution in [0.2, 0.25) is 0 Å². The quantitative estimate of drug-likeness (QED) is 0.637. The zero-order valence-electron chi connectivity index (χ0n) is 11.1. The van der Waals surface area contributed by atoms with Crippen LogP contribution in [0.1, 0.15) is 5.56 Å². The molecule has 1 aliphatic heterocycles. The number of amides is 1. The van der Waals surface area contributed by atoms with Crippen LogP contribution in [0, 0.1) is 10.1 Å². The minimum Gasteiger partial charge on any atom is -0.480 e. The number of carboxylic acid groups (broad SMARTS) is 1. The number of ether oxygens (including phenoxy) is 1. The topological polar surface area (TPSA) is 110 Å². The number of carbonyl (C=O) groups is 2. The van der Waals surface area contributed by atoms with Gasteiger partial charge in [0.15, 0.2) is 6.04 Å². The highest BCUT2D eigenvalue weighted by atomic mass is 16.6. The van der Waals surface area contributed by atoms with Gasteiger partial charge >= 0.3 is 5.97 Å². The molecule has 1 N–H and O–H groups in total. The number of non-ortho nitro benzene ring substituents is 1. The number of aliphatic carboxylic acids is 1. The zero-order valence-corrected chi connectivity index (χ0v) is 11.1. The van der Waals surface area contributed by atoms with Crippen LogP contribution >= 0.6 is 0 Å². The van der Waals surface area contributed by atoms with Crippen molar-refractivity contribution in [3.8, 4) is 0 Å². The van der Waals surface area contributed by atoms with E-state index in [0.717, 1.165) is 0 Å². The van der Waals surface area contributed by atoms with Gasteiger partial charge in [-0.25, -0.2) is 4.79 Å². The van der Waals surface area contributed by atoms with Gasteiger partial charge in [0, 0.05) is 18.7 Å². The van der Waals surface area contributed by atoms with E-state index in [-0.39, 0.29) is 37.8 Å². The van der Waals surface area contributed by atoms with E-state index in [1.54, 1.807) is 6.07 Å². The van der Waals surface area contributed by atoms with Gasteiger partial charge in [-0.05, 0) is 5.56 Å². The number of benzene rings is 1. The Labute approximate surface area is 120 Å². The van der Waals surface area contributed by atoms with Crippen molar-refractivity contribution in [2.75, 3.05) is 19.8 Å². The molecule has 1 fully saturated rings. The van der Waals surface area contributed by atoms with E-state index in [4.69, 9.17) is 9.84 Å². The summed E-state index contributed by atoms with van der Waals surface area (Å²) in [4.78, 5) is 34.7. The molecule has 8 nitrogen and oxygen atoms in total. The average molecular weight is 294 g/mol. The van der Waals surface area contributed by atoms with Crippen molar-refractivity contribution in [2.45, 2.75) is 12.5 Å². The average Bonchev–Trinajstić information content (AvgIpc) is 2.47. The summed E-state index contributed by atoms with van der Waals surface area (Å²) in [5.41, 5.74) is 0.377. The molecular formula is C13H14N2O6. The van der Waals surface area contributed by atoms with Gasteiger partial charge in [0.25, 0.3) is 5.69 Å². The molecule has 21 heavy (non-hydrogen) atoms. The first-order valence-corrected chi connectivity index (χ1v) is 6.32. The third-order valence-corrected chi connectivity index (χ3v) is 3.21. The van der Waals surface area contributed by atoms with Crippen molar-refractivity contribution in [3.63, 3.8) is 0 Å². The predicted octanol–water partition coefficient (Wildman–Crippen LogP) is 0.449. The van der Waals surface area contributed by atoms with Gasteiger partial charge in [-0.3, -0.25) is 14.9 Å². The number of nitro groups is 1. The van der Waals surface area contributed by atoms with E-state index in [0.29, 0.717) is 5.56 Å². The van der Waals surface area contributed by atoms with Gasteiger partial charge in [0.2, 0.25) is 5.91 Å². The summed E-state index contributed by atoms with van der Waals surface area (Å²) in [6.45, 7) is 0.436. The number of carboxylic acids is 1. The zero-order chi connectivity index (χ0) is 15.4. The lowest BCUT2D eigenvalue weighted by Gasteiger charge is -2.32. The molecule has 0 radical (unpaired) electrons. The van der Waals surface area contributed by atoms with E-state index in [9.17, 15) is 19.7 Å². The second-order valence-electron chi connectivity index (χ2n) is 4.62. The Bertz CT molecular complexity index is 574. The molecule has 0 aromatic heterocycles. The third kappa shape index (κ3) is 3.54. The summed E-state index contributed by atoms with van der Waals surface area (Å²) in [7, 11) is 0. The summed E-state index contributed by atoms with van der Waals surface area (Å²) >= 11 is 0. The maximum absolute atomic E-state index is 12.2. The summed E-state index contributed by atoms with van der Waals surface area (Å²) in [5, 5.41) is 19.8. The highest BCUT2D eigenvalue weighted by Crippen LogP contribution is 2.16. The minimum atomic E-state index is -1.12. The number of nitrogens with zero attached hydrogens (tertiary/aromatic N) is 2. The van der Waals surface area contributed by atoms with Crippen LogP contribution in [0.5, 0.6) is 0 Å². The van der Waals surface area contributed by atoms with Crippen molar-refractivity contribution >= 4 is 17.6 Å². The van der Waals surface area contributed by atoms with E-state index in [1.165, 1.54) is 23.1 Å². The number of hydrogen-bond acceptors (Lipinski definition) is 5. The number of morpholine rings is 1. The fourth-order valence-electron chi connectivity index (χ4n) is 2.16. The summed E-state index contributed by atoms with van der Waals surface area (Å²) < 4.78 is 5.06. The fraction of sp³-hybridized carbons (Fsp3) is 0.385. The fourth-order valence-corrected chi connectivity index (χ4v) is 2.16. The Kier molecular flexibility index (Phi) is 4.49. The molecule has 0 aliphatic carbocycles. The molecule has 1 aliphatic rings. The molecule has 112 valence electrons. The number of rotatable bonds is 4. The molecule has 2 rings (SSSR count). The number of nitro benzene ring substituents is 1. The van der Waals surface area contributed by atoms with Crippen LogP contribution < -0.4 is 0 Å². The van der Waals surface area contributed by atoms with Crippen molar-refractivity contribution < 1.29 is 24.4 Å². The highest BCUT2D eigenvalue weighted by molar-refractivity contribution is 5.85. The SMILES string of the molecule is O=C(O)C1COCCN1C(=O)Cc1cccc([N+](=O)[O-])c1. The summed E-state index contributed by atoms with van der Waals surface area (Å²) in [6, 6.07) is 4.73. The Balaban J connectivity index is 2.11. The first-order chi connectivity index (χ1) is 9.99. The van der Waals surface area contributed by atoms with Crippen molar-refractivity contribution in [1.29, 1.82) is 0 Å². The molecule has 1 amide bonds. The summed E-state index contributed by atoms with van der Waals surface area (Å²) in [6.07, 6.45) is -0.0779. The maximum Gasteiger partial charge on any atom is 0.328 e. The minimum absolute atomic E-state index is 0.0456. The Morgan fingerprint density at radius 3 is 2.90 bits per heavy atom. The smallest absolute Gasteiger partial charge is 0.328 e. The molecule has 1 heterocycles. The van der Waals surface area contributed by atoms with Crippen LogP contribution in [0.4, 0.5) is 5.69 Å². The van der Waals surface area contributed by atoms with Gasteiger partial charge in [-0.15, -0.1) is 0 Å². The Morgan fingerprint density at radius 1 is 1.48 bits per heavy atom. The van der Waals surface area contributed by atoms with Gasteiger partial charge in [-0.2, -0.15) is 0 Å². The van der Waals surface area contributed by atoms with E-state index < -0.39 is 16.9 Å². The van der Waals surface area contributed by atoms with Gasteiger partial charge in [-0.1, -0.05) is 12.1 Å². The van der Waals surface area contributed by atoms with E-state index in [2.05, 4.69) is 0 Å². The lowest BCUT2D eigenvalue weighted by Crippen LogP contribution is -2.53. The third-order valence-electron chi connectivity index (χ3n) is 3.21. The maximum atomic E-state index is 12.2. The van der Waals surface area contributed by atoms with Crippen molar-refractivity contribution in [2.24, 2.45) is 0 Å². The van der Waals surface area contributed by atoms with Crippen LogP contribution in [0.15, 0.2) is 24.3 Å². The Hall–Kier alpha value is -2.48. The number of carbonyl (C=O) groups excluding carboxylic acids is 1. The molecule has 1 unspecified atom stereocenters.